The Morgan fingerprint density at radius 1 is 1.41 bits per heavy atom. The number of aromatic amines is 1. The van der Waals surface area contributed by atoms with Crippen LogP contribution in [0.2, 0.25) is 0 Å². The first-order valence-corrected chi connectivity index (χ1v) is 8.89. The molecule has 0 unspecified atom stereocenters. The average Bonchev–Trinajstić information content (AvgIpc) is 3.02. The molecule has 0 spiro atoms. The molecular formula is C15H22N4O2S. The van der Waals surface area contributed by atoms with Gasteiger partial charge in [-0.15, -0.1) is 11.8 Å². The minimum atomic E-state index is -0.328. The normalized spacial score (nSPS) is 21.7. The lowest BCUT2D eigenvalue weighted by molar-refractivity contribution is -0.143. The van der Waals surface area contributed by atoms with Crippen molar-refractivity contribution in [3.8, 4) is 0 Å². The average molecular weight is 322 g/mol. The molecule has 2 N–H and O–H groups in total. The van der Waals surface area contributed by atoms with Gasteiger partial charge in [0.1, 0.15) is 6.04 Å². The zero-order valence-corrected chi connectivity index (χ0v) is 13.8. The van der Waals surface area contributed by atoms with Crippen LogP contribution >= 0.6 is 11.8 Å². The third-order valence-electron chi connectivity index (χ3n) is 4.64. The molecule has 1 aliphatic heterocycles. The lowest BCUT2D eigenvalue weighted by Gasteiger charge is -2.31. The fourth-order valence-corrected chi connectivity index (χ4v) is 4.06. The van der Waals surface area contributed by atoms with Crippen LogP contribution in [0, 0.1) is 19.8 Å². The minimum Gasteiger partial charge on any atom is -0.350 e. The summed E-state index contributed by atoms with van der Waals surface area (Å²) in [5.41, 5.74) is 2.90. The van der Waals surface area contributed by atoms with Gasteiger partial charge in [0.05, 0.1) is 11.6 Å². The van der Waals surface area contributed by atoms with Gasteiger partial charge in [0.2, 0.25) is 11.8 Å². The van der Waals surface area contributed by atoms with Crippen LogP contribution in [0.5, 0.6) is 0 Å². The van der Waals surface area contributed by atoms with Gasteiger partial charge in [-0.2, -0.15) is 5.10 Å². The van der Waals surface area contributed by atoms with Crippen molar-refractivity contribution in [3.05, 3.63) is 17.0 Å². The fourth-order valence-electron chi connectivity index (χ4n) is 2.89. The quantitative estimate of drug-likeness (QED) is 0.877. The van der Waals surface area contributed by atoms with E-state index in [-0.39, 0.29) is 23.8 Å². The van der Waals surface area contributed by atoms with Crippen LogP contribution in [0.1, 0.15) is 36.2 Å². The van der Waals surface area contributed by atoms with Crippen molar-refractivity contribution >= 4 is 23.6 Å². The minimum absolute atomic E-state index is 0.0577. The van der Waals surface area contributed by atoms with E-state index in [1.807, 2.05) is 13.8 Å². The zero-order valence-electron chi connectivity index (χ0n) is 13.0. The Morgan fingerprint density at radius 3 is 2.77 bits per heavy atom. The molecule has 2 aliphatic rings. The van der Waals surface area contributed by atoms with Crippen LogP contribution in [0.3, 0.4) is 0 Å². The smallest absolute Gasteiger partial charge is 0.243 e. The van der Waals surface area contributed by atoms with Crippen molar-refractivity contribution in [2.75, 3.05) is 11.6 Å². The highest BCUT2D eigenvalue weighted by Gasteiger charge is 2.39. The Bertz CT molecular complexity index is 563. The summed E-state index contributed by atoms with van der Waals surface area (Å²) in [6.45, 7) is 4.32. The van der Waals surface area contributed by atoms with Gasteiger partial charge in [-0.25, -0.2) is 0 Å². The first-order chi connectivity index (χ1) is 10.6. The highest BCUT2D eigenvalue weighted by molar-refractivity contribution is 7.99. The molecule has 1 saturated carbocycles. The number of nitrogens with one attached hydrogen (secondary N) is 2. The van der Waals surface area contributed by atoms with E-state index in [9.17, 15) is 9.59 Å². The molecule has 0 aromatic carbocycles. The summed E-state index contributed by atoms with van der Waals surface area (Å²) in [7, 11) is 0. The van der Waals surface area contributed by atoms with Crippen LogP contribution in [0.25, 0.3) is 0 Å². The van der Waals surface area contributed by atoms with Gasteiger partial charge in [-0.1, -0.05) is 6.42 Å². The van der Waals surface area contributed by atoms with Crippen molar-refractivity contribution in [3.63, 3.8) is 0 Å². The molecule has 120 valence electrons. The summed E-state index contributed by atoms with van der Waals surface area (Å²) < 4.78 is 0. The molecule has 2 heterocycles. The summed E-state index contributed by atoms with van der Waals surface area (Å²) in [6, 6.07) is -0.328. The molecule has 1 aromatic rings. The SMILES string of the molecule is Cc1n[nH]c(C)c1CNC(=O)[C@H]1CSCN1C(=O)C1CCC1. The van der Waals surface area contributed by atoms with E-state index in [1.54, 1.807) is 16.7 Å². The second-order valence-electron chi connectivity index (χ2n) is 6.08. The number of hydrogen-bond donors (Lipinski definition) is 2. The molecule has 22 heavy (non-hydrogen) atoms. The molecule has 7 heteroatoms. The number of hydrogen-bond acceptors (Lipinski definition) is 4. The van der Waals surface area contributed by atoms with Gasteiger partial charge in [0.25, 0.3) is 0 Å². The molecule has 2 amide bonds. The number of H-pyrrole nitrogens is 1. The van der Waals surface area contributed by atoms with Gasteiger partial charge in [0.15, 0.2) is 0 Å². The predicted octanol–water partition coefficient (Wildman–Crippen LogP) is 1.34. The first-order valence-electron chi connectivity index (χ1n) is 7.74. The monoisotopic (exact) mass is 322 g/mol. The maximum atomic E-state index is 12.5. The second-order valence-corrected chi connectivity index (χ2v) is 7.08. The van der Waals surface area contributed by atoms with Gasteiger partial charge in [-0.3, -0.25) is 14.7 Å². The van der Waals surface area contributed by atoms with E-state index in [1.165, 1.54) is 0 Å². The number of rotatable bonds is 4. The molecule has 1 aliphatic carbocycles. The fraction of sp³-hybridized carbons (Fsp3) is 0.667. The van der Waals surface area contributed by atoms with Crippen LogP contribution in [0.15, 0.2) is 0 Å². The van der Waals surface area contributed by atoms with Gasteiger partial charge in [0, 0.05) is 29.5 Å². The van der Waals surface area contributed by atoms with E-state index in [4.69, 9.17) is 0 Å². The zero-order chi connectivity index (χ0) is 15.7. The Hall–Kier alpha value is -1.50. The lowest BCUT2D eigenvalue weighted by atomic mass is 9.84. The molecule has 0 bridgehead atoms. The second kappa shape index (κ2) is 6.32. The van der Waals surface area contributed by atoms with Crippen molar-refractivity contribution < 1.29 is 9.59 Å². The van der Waals surface area contributed by atoms with E-state index in [0.717, 1.165) is 36.2 Å². The summed E-state index contributed by atoms with van der Waals surface area (Å²) in [4.78, 5) is 26.6. The molecular weight excluding hydrogens is 300 g/mol. The molecule has 1 saturated heterocycles. The summed E-state index contributed by atoms with van der Waals surface area (Å²) in [6.07, 6.45) is 3.08. The topological polar surface area (TPSA) is 78.1 Å². The van der Waals surface area contributed by atoms with E-state index < -0.39 is 0 Å². The lowest BCUT2D eigenvalue weighted by Crippen LogP contribution is -2.49. The van der Waals surface area contributed by atoms with E-state index in [2.05, 4.69) is 15.5 Å². The highest BCUT2D eigenvalue weighted by Crippen LogP contribution is 2.32. The van der Waals surface area contributed by atoms with Gasteiger partial charge >= 0.3 is 0 Å². The number of amides is 2. The first kappa shape index (κ1) is 15.4. The largest absolute Gasteiger partial charge is 0.350 e. The number of carbonyl (C=O) groups excluding carboxylic acids is 2. The van der Waals surface area contributed by atoms with Crippen molar-refractivity contribution in [1.29, 1.82) is 0 Å². The molecule has 1 atom stereocenters. The Morgan fingerprint density at radius 2 is 2.18 bits per heavy atom. The van der Waals surface area contributed by atoms with Gasteiger partial charge in [-0.05, 0) is 26.7 Å². The molecule has 6 nitrogen and oxygen atoms in total. The van der Waals surface area contributed by atoms with E-state index >= 15 is 0 Å². The summed E-state index contributed by atoms with van der Waals surface area (Å²) in [5.74, 6) is 1.57. The number of carbonyl (C=O) groups is 2. The maximum absolute atomic E-state index is 12.5. The standard InChI is InChI=1S/C15H22N4O2S/c1-9-12(10(2)18-17-9)6-16-14(20)13-7-22-8-19(13)15(21)11-4-3-5-11/h11,13H,3-8H2,1-2H3,(H,16,20)(H,17,18)/t13-/m1/s1. The molecule has 0 radical (unpaired) electrons. The Balaban J connectivity index is 1.60. The summed E-state index contributed by atoms with van der Waals surface area (Å²) in [5, 5.41) is 10.0. The van der Waals surface area contributed by atoms with Crippen LogP contribution in [0.4, 0.5) is 0 Å². The van der Waals surface area contributed by atoms with Crippen molar-refractivity contribution in [2.45, 2.75) is 45.7 Å². The predicted molar refractivity (Wildman–Crippen MR) is 85.2 cm³/mol. The number of aryl methyl sites for hydroxylation is 2. The van der Waals surface area contributed by atoms with Gasteiger partial charge < -0.3 is 10.2 Å². The maximum Gasteiger partial charge on any atom is 0.243 e. The van der Waals surface area contributed by atoms with E-state index in [0.29, 0.717) is 18.2 Å². The Labute approximate surface area is 134 Å². The molecule has 2 fully saturated rings. The molecule has 1 aromatic heterocycles. The van der Waals surface area contributed by atoms with Crippen LogP contribution < -0.4 is 5.32 Å². The Kier molecular flexibility index (Phi) is 4.42. The van der Waals surface area contributed by atoms with Crippen LogP contribution in [-0.2, 0) is 16.1 Å². The number of nitrogens with zero attached hydrogens (tertiary/aromatic N) is 2. The molecule has 3 rings (SSSR count). The number of aromatic nitrogens is 2. The van der Waals surface area contributed by atoms with Crippen LogP contribution in [-0.4, -0.2) is 44.6 Å². The third kappa shape index (κ3) is 2.86. The van der Waals surface area contributed by atoms with Crippen molar-refractivity contribution in [1.82, 2.24) is 20.4 Å². The number of thioether (sulfide) groups is 1. The summed E-state index contributed by atoms with van der Waals surface area (Å²) >= 11 is 1.65. The highest BCUT2D eigenvalue weighted by atomic mass is 32.2. The third-order valence-corrected chi connectivity index (χ3v) is 5.65. The van der Waals surface area contributed by atoms with Crippen molar-refractivity contribution in [2.24, 2.45) is 5.92 Å².